The molecule has 2 aromatic carbocycles. The van der Waals surface area contributed by atoms with E-state index < -0.39 is 11.5 Å². The number of hydrazone groups is 1. The van der Waals surface area contributed by atoms with E-state index in [-0.39, 0.29) is 16.8 Å². The smallest absolute Gasteiger partial charge is 0.292 e. The van der Waals surface area contributed by atoms with Crippen molar-refractivity contribution in [1.82, 2.24) is 15.2 Å². The molecule has 0 radical (unpaired) electrons. The van der Waals surface area contributed by atoms with Crippen molar-refractivity contribution < 1.29 is 14.3 Å². The first-order chi connectivity index (χ1) is 15.5. The summed E-state index contributed by atoms with van der Waals surface area (Å²) in [5.41, 5.74) is 2.74. The van der Waals surface area contributed by atoms with Crippen LogP contribution in [0.3, 0.4) is 0 Å². The SMILES string of the molecule is CCOc1ccccc1/C=N/NC(=O)c1nn(-c2ccc(OC)cc2)c(=O)c(C#N)c1C. The largest absolute Gasteiger partial charge is 0.497 e. The molecule has 0 atom stereocenters. The van der Waals surface area contributed by atoms with Gasteiger partial charge in [-0.1, -0.05) is 12.1 Å². The van der Waals surface area contributed by atoms with Gasteiger partial charge in [0.05, 0.1) is 25.6 Å². The Kier molecular flexibility index (Phi) is 6.98. The molecule has 0 aliphatic heterocycles. The minimum atomic E-state index is -0.661. The molecule has 0 spiro atoms. The molecule has 32 heavy (non-hydrogen) atoms. The van der Waals surface area contributed by atoms with Gasteiger partial charge >= 0.3 is 0 Å². The van der Waals surface area contributed by atoms with Gasteiger partial charge in [0.2, 0.25) is 0 Å². The maximum Gasteiger partial charge on any atom is 0.292 e. The molecule has 162 valence electrons. The highest BCUT2D eigenvalue weighted by molar-refractivity contribution is 5.95. The lowest BCUT2D eigenvalue weighted by atomic mass is 10.1. The fourth-order valence-corrected chi connectivity index (χ4v) is 2.94. The Morgan fingerprint density at radius 3 is 2.62 bits per heavy atom. The topological polar surface area (TPSA) is 119 Å². The third-order valence-electron chi connectivity index (χ3n) is 4.57. The molecule has 1 N–H and O–H groups in total. The summed E-state index contributed by atoms with van der Waals surface area (Å²) in [6, 6.07) is 15.6. The molecule has 0 saturated carbocycles. The minimum absolute atomic E-state index is 0.0905. The summed E-state index contributed by atoms with van der Waals surface area (Å²) >= 11 is 0. The van der Waals surface area contributed by atoms with Crippen molar-refractivity contribution >= 4 is 12.1 Å². The highest BCUT2D eigenvalue weighted by Gasteiger charge is 2.20. The Bertz CT molecular complexity index is 1260. The Morgan fingerprint density at radius 2 is 1.97 bits per heavy atom. The lowest BCUT2D eigenvalue weighted by Gasteiger charge is -2.11. The van der Waals surface area contributed by atoms with Crippen molar-refractivity contribution in [3.8, 4) is 23.3 Å². The zero-order valence-corrected chi connectivity index (χ0v) is 17.8. The highest BCUT2D eigenvalue weighted by atomic mass is 16.5. The number of aromatic nitrogens is 2. The molecule has 1 aromatic heterocycles. The number of carbonyl (C=O) groups is 1. The number of amides is 1. The normalized spacial score (nSPS) is 10.6. The second-order valence-electron chi connectivity index (χ2n) is 6.55. The molecule has 9 heteroatoms. The number of ether oxygens (including phenoxy) is 2. The van der Waals surface area contributed by atoms with Crippen LogP contribution < -0.4 is 20.5 Å². The number of hydrogen-bond acceptors (Lipinski definition) is 7. The third-order valence-corrected chi connectivity index (χ3v) is 4.57. The molecule has 0 unspecified atom stereocenters. The van der Waals surface area contributed by atoms with Gasteiger partial charge in [-0.25, -0.2) is 5.43 Å². The summed E-state index contributed by atoms with van der Waals surface area (Å²) in [4.78, 5) is 25.5. The van der Waals surface area contributed by atoms with Crippen LogP contribution in [0.15, 0.2) is 58.4 Å². The number of nitriles is 1. The zero-order chi connectivity index (χ0) is 23.1. The van der Waals surface area contributed by atoms with E-state index in [2.05, 4.69) is 15.6 Å². The number of nitrogens with one attached hydrogen (secondary N) is 1. The summed E-state index contributed by atoms with van der Waals surface area (Å²) in [5.74, 6) is 0.558. The van der Waals surface area contributed by atoms with Crippen LogP contribution in [0.4, 0.5) is 0 Å². The van der Waals surface area contributed by atoms with Crippen LogP contribution >= 0.6 is 0 Å². The fraction of sp³-hybridized carbons (Fsp3) is 0.174. The van der Waals surface area contributed by atoms with E-state index in [1.165, 1.54) is 20.2 Å². The summed E-state index contributed by atoms with van der Waals surface area (Å²) in [7, 11) is 1.52. The van der Waals surface area contributed by atoms with Crippen molar-refractivity contribution in [2.75, 3.05) is 13.7 Å². The zero-order valence-electron chi connectivity index (χ0n) is 17.8. The molecule has 9 nitrogen and oxygen atoms in total. The van der Waals surface area contributed by atoms with Gasteiger partial charge in [-0.05, 0) is 50.2 Å². The van der Waals surface area contributed by atoms with Crippen molar-refractivity contribution in [2.24, 2.45) is 5.10 Å². The van der Waals surface area contributed by atoms with Crippen molar-refractivity contribution in [2.45, 2.75) is 13.8 Å². The van der Waals surface area contributed by atoms with Gasteiger partial charge in [0, 0.05) is 11.1 Å². The molecule has 0 aliphatic carbocycles. The summed E-state index contributed by atoms with van der Waals surface area (Å²) in [5, 5.41) is 17.6. The van der Waals surface area contributed by atoms with Crippen LogP contribution in [0.1, 0.15) is 34.1 Å². The van der Waals surface area contributed by atoms with Gasteiger partial charge in [-0.2, -0.15) is 20.1 Å². The molecule has 3 aromatic rings. The molecule has 3 rings (SSSR count). The molecule has 1 amide bonds. The minimum Gasteiger partial charge on any atom is -0.497 e. The van der Waals surface area contributed by atoms with Crippen LogP contribution in [-0.4, -0.2) is 35.6 Å². The number of hydrogen-bond donors (Lipinski definition) is 1. The van der Waals surface area contributed by atoms with E-state index in [1.54, 1.807) is 36.4 Å². The fourth-order valence-electron chi connectivity index (χ4n) is 2.94. The van der Waals surface area contributed by atoms with Crippen molar-refractivity contribution in [1.29, 1.82) is 5.26 Å². The Hall–Kier alpha value is -4.45. The molecule has 0 bridgehead atoms. The van der Waals surface area contributed by atoms with Gasteiger partial charge < -0.3 is 9.47 Å². The quantitative estimate of drug-likeness (QED) is 0.454. The molecular formula is C23H21N5O4. The predicted octanol–water partition coefficient (Wildman–Crippen LogP) is 2.58. The Morgan fingerprint density at radius 1 is 1.25 bits per heavy atom. The average Bonchev–Trinajstić information content (AvgIpc) is 2.81. The monoisotopic (exact) mass is 431 g/mol. The van der Waals surface area contributed by atoms with Gasteiger partial charge in [-0.15, -0.1) is 0 Å². The van der Waals surface area contributed by atoms with Gasteiger partial charge in [0.1, 0.15) is 23.1 Å². The van der Waals surface area contributed by atoms with Crippen LogP contribution in [0.2, 0.25) is 0 Å². The van der Waals surface area contributed by atoms with Gasteiger partial charge in [0.25, 0.3) is 11.5 Å². The first kappa shape index (κ1) is 22.2. The van der Waals surface area contributed by atoms with E-state index in [0.29, 0.717) is 29.4 Å². The first-order valence-corrected chi connectivity index (χ1v) is 9.73. The highest BCUT2D eigenvalue weighted by Crippen LogP contribution is 2.16. The Balaban J connectivity index is 1.94. The van der Waals surface area contributed by atoms with Gasteiger partial charge in [-0.3, -0.25) is 9.59 Å². The number of para-hydroxylation sites is 1. The van der Waals surface area contributed by atoms with E-state index in [0.717, 1.165) is 4.68 Å². The standard InChI is InChI=1S/C23H21N5O4/c1-4-32-20-8-6-5-7-16(20)14-25-26-22(29)21-15(2)19(13-24)23(30)28(27-21)17-9-11-18(31-3)12-10-17/h5-12,14H,4H2,1-3H3,(H,26,29)/b25-14+. The lowest BCUT2D eigenvalue weighted by molar-refractivity contribution is 0.0947. The van der Waals surface area contributed by atoms with E-state index in [4.69, 9.17) is 9.47 Å². The van der Waals surface area contributed by atoms with E-state index in [9.17, 15) is 14.9 Å². The summed E-state index contributed by atoms with van der Waals surface area (Å²) in [6.45, 7) is 3.85. The molecular weight excluding hydrogens is 410 g/mol. The summed E-state index contributed by atoms with van der Waals surface area (Å²) in [6.07, 6.45) is 1.45. The summed E-state index contributed by atoms with van der Waals surface area (Å²) < 4.78 is 11.6. The van der Waals surface area contributed by atoms with Crippen LogP contribution in [0, 0.1) is 18.3 Å². The van der Waals surface area contributed by atoms with Crippen molar-refractivity contribution in [3.05, 3.63) is 81.3 Å². The van der Waals surface area contributed by atoms with Crippen molar-refractivity contribution in [3.63, 3.8) is 0 Å². The second-order valence-corrected chi connectivity index (χ2v) is 6.55. The predicted molar refractivity (Wildman–Crippen MR) is 119 cm³/mol. The van der Waals surface area contributed by atoms with Gasteiger partial charge in [0.15, 0.2) is 5.69 Å². The van der Waals surface area contributed by atoms with Crippen LogP contribution in [-0.2, 0) is 0 Å². The second kappa shape index (κ2) is 10.0. The Labute approximate surface area is 184 Å². The number of methoxy groups -OCH3 is 1. The number of nitrogens with zero attached hydrogens (tertiary/aromatic N) is 4. The average molecular weight is 431 g/mol. The number of benzene rings is 2. The number of rotatable bonds is 7. The third kappa shape index (κ3) is 4.65. The van der Waals surface area contributed by atoms with E-state index in [1.807, 2.05) is 25.1 Å². The maximum absolute atomic E-state index is 12.8. The first-order valence-electron chi connectivity index (χ1n) is 9.73. The molecule has 1 heterocycles. The van der Waals surface area contributed by atoms with Crippen LogP contribution in [0.5, 0.6) is 11.5 Å². The number of carbonyl (C=O) groups excluding carboxylic acids is 1. The maximum atomic E-state index is 12.8. The molecule has 0 aliphatic rings. The molecule has 0 fully saturated rings. The molecule has 0 saturated heterocycles. The lowest BCUT2D eigenvalue weighted by Crippen LogP contribution is -2.31. The van der Waals surface area contributed by atoms with Crippen LogP contribution in [0.25, 0.3) is 5.69 Å². The van der Waals surface area contributed by atoms with E-state index >= 15 is 0 Å².